The highest BCUT2D eigenvalue weighted by Crippen LogP contribution is 2.03. The van der Waals surface area contributed by atoms with Gasteiger partial charge in [-0.2, -0.15) is 0 Å². The van der Waals surface area contributed by atoms with Crippen molar-refractivity contribution in [3.63, 3.8) is 0 Å². The van der Waals surface area contributed by atoms with Crippen molar-refractivity contribution >= 4 is 34.8 Å². The minimum absolute atomic E-state index is 0. The van der Waals surface area contributed by atoms with Crippen LogP contribution >= 0.6 is 34.8 Å². The Bertz CT molecular complexity index is 119. The third-order valence-electron chi connectivity index (χ3n) is 2.30. The topological polar surface area (TPSA) is 61.0 Å². The van der Waals surface area contributed by atoms with Crippen molar-refractivity contribution in [2.75, 3.05) is 19.8 Å². The van der Waals surface area contributed by atoms with Gasteiger partial charge < -0.3 is 15.3 Å². The maximum atomic E-state index is 8.07. The molecule has 0 aromatic heterocycles. The van der Waals surface area contributed by atoms with Crippen LogP contribution in [0.3, 0.4) is 0 Å². The number of aliphatic hydroxyl groups is 1. The monoisotopic (exact) mass is 368 g/mol. The minimum Gasteiger partial charge on any atom is -0.412 e. The highest BCUT2D eigenvalue weighted by molar-refractivity contribution is 6.63. The summed E-state index contributed by atoms with van der Waals surface area (Å²) in [6.07, 6.45) is 10.1. The van der Waals surface area contributed by atoms with Gasteiger partial charge >= 0.3 is 0 Å². The molecule has 1 aliphatic rings. The predicted molar refractivity (Wildman–Crippen MR) is 96.8 cm³/mol. The summed E-state index contributed by atoms with van der Waals surface area (Å²) in [7, 11) is 0. The maximum absolute atomic E-state index is 8.07. The molecule has 0 atom stereocenters. The Morgan fingerprint density at radius 2 is 1.19 bits per heavy atom. The Kier molecular flexibility index (Phi) is 46.2. The summed E-state index contributed by atoms with van der Waals surface area (Å²) in [4.78, 5) is 0. The Labute approximate surface area is 146 Å². The van der Waals surface area contributed by atoms with Crippen LogP contribution in [0, 0.1) is 0 Å². The van der Waals surface area contributed by atoms with Gasteiger partial charge in [-0.3, -0.25) is 0 Å². The molecular formula is C15H35Cl3O3. The Hall–Kier alpha value is 0.750. The van der Waals surface area contributed by atoms with Crippen molar-refractivity contribution in [2.45, 2.75) is 76.4 Å². The standard InChI is InChI=1S/C6H14.C4H8O.C4H10O.CHCl3.H2O/c1-3-5-6-4-2;1-2-4-5-3-1;1-2-3-4-5;2-1(3)4;/h3-6H2,1-2H3;1-4H2;5H,2-4H2,1H3;1H;1H2. The third-order valence-corrected chi connectivity index (χ3v) is 2.30. The van der Waals surface area contributed by atoms with Gasteiger partial charge in [0.05, 0.1) is 0 Å². The molecule has 3 N–H and O–H groups in total. The van der Waals surface area contributed by atoms with Crippen LogP contribution in [0.1, 0.15) is 72.1 Å². The molecule has 0 radical (unpaired) electrons. The average molecular weight is 370 g/mol. The number of rotatable bonds is 5. The van der Waals surface area contributed by atoms with Crippen molar-refractivity contribution in [2.24, 2.45) is 0 Å². The number of halogens is 3. The van der Waals surface area contributed by atoms with Gasteiger partial charge in [0.15, 0.2) is 4.30 Å². The van der Waals surface area contributed by atoms with E-state index in [-0.39, 0.29) is 5.48 Å². The molecule has 0 bridgehead atoms. The molecule has 134 valence electrons. The molecule has 0 saturated carbocycles. The Morgan fingerprint density at radius 3 is 1.29 bits per heavy atom. The molecular weight excluding hydrogens is 335 g/mol. The van der Waals surface area contributed by atoms with E-state index >= 15 is 0 Å². The van der Waals surface area contributed by atoms with E-state index in [2.05, 4.69) is 20.8 Å². The minimum atomic E-state index is -0.750. The Morgan fingerprint density at radius 1 is 0.857 bits per heavy atom. The first-order valence-corrected chi connectivity index (χ1v) is 8.98. The molecule has 0 aromatic carbocycles. The smallest absolute Gasteiger partial charge is 0.180 e. The molecule has 0 spiro atoms. The largest absolute Gasteiger partial charge is 0.412 e. The molecule has 0 amide bonds. The number of hydrogen-bond donors (Lipinski definition) is 1. The fourth-order valence-corrected chi connectivity index (χ4v) is 1.17. The van der Waals surface area contributed by atoms with Crippen molar-refractivity contribution in [1.82, 2.24) is 0 Å². The lowest BCUT2D eigenvalue weighted by atomic mass is 10.2. The van der Waals surface area contributed by atoms with E-state index in [1.807, 2.05) is 0 Å². The number of alkyl halides is 3. The first-order chi connectivity index (χ1) is 9.56. The molecule has 0 unspecified atom stereocenters. The molecule has 0 aromatic rings. The SMILES string of the molecule is C1CCOC1.CCCCCC.CCCCO.ClC(Cl)Cl.O. The van der Waals surface area contributed by atoms with Gasteiger partial charge in [-0.15, -0.1) is 0 Å². The fraction of sp³-hybridized carbons (Fsp3) is 1.00. The van der Waals surface area contributed by atoms with Crippen LogP contribution < -0.4 is 0 Å². The van der Waals surface area contributed by atoms with Gasteiger partial charge in [-0.05, 0) is 19.3 Å². The van der Waals surface area contributed by atoms with Gasteiger partial charge in [0.1, 0.15) is 0 Å². The molecule has 6 heteroatoms. The van der Waals surface area contributed by atoms with E-state index in [4.69, 9.17) is 44.6 Å². The number of unbranched alkanes of at least 4 members (excludes halogenated alkanes) is 4. The van der Waals surface area contributed by atoms with Crippen molar-refractivity contribution < 1.29 is 15.3 Å². The predicted octanol–water partition coefficient (Wildman–Crippen LogP) is 5.32. The van der Waals surface area contributed by atoms with Gasteiger partial charge in [0.25, 0.3) is 0 Å². The lowest BCUT2D eigenvalue weighted by Gasteiger charge is -1.86. The maximum Gasteiger partial charge on any atom is 0.180 e. The molecule has 0 aliphatic carbocycles. The normalized spacial score (nSPS) is 12.0. The van der Waals surface area contributed by atoms with E-state index in [0.29, 0.717) is 6.61 Å². The lowest BCUT2D eigenvalue weighted by Crippen LogP contribution is -1.75. The highest BCUT2D eigenvalue weighted by Gasteiger charge is 1.94. The molecule has 1 saturated heterocycles. The van der Waals surface area contributed by atoms with Crippen LogP contribution in [-0.2, 0) is 4.74 Å². The molecule has 21 heavy (non-hydrogen) atoms. The van der Waals surface area contributed by atoms with Crippen LogP contribution in [0.2, 0.25) is 0 Å². The molecule has 1 aliphatic heterocycles. The molecule has 3 nitrogen and oxygen atoms in total. The second kappa shape index (κ2) is 32.6. The summed E-state index contributed by atoms with van der Waals surface area (Å²) in [6, 6.07) is 0. The summed E-state index contributed by atoms with van der Waals surface area (Å²) < 4.78 is 4.19. The zero-order valence-corrected chi connectivity index (χ0v) is 16.1. The van der Waals surface area contributed by atoms with Crippen LogP contribution in [0.4, 0.5) is 0 Å². The first kappa shape index (κ1) is 29.7. The fourth-order valence-electron chi connectivity index (χ4n) is 1.17. The molecule has 1 heterocycles. The van der Waals surface area contributed by atoms with Crippen molar-refractivity contribution in [1.29, 1.82) is 0 Å². The number of hydrogen-bond acceptors (Lipinski definition) is 2. The third kappa shape index (κ3) is 63.1. The molecule has 1 rings (SSSR count). The second-order valence-corrected chi connectivity index (χ2v) is 6.33. The van der Waals surface area contributed by atoms with Crippen molar-refractivity contribution in [3.05, 3.63) is 0 Å². The lowest BCUT2D eigenvalue weighted by molar-refractivity contribution is 0.198. The summed E-state index contributed by atoms with van der Waals surface area (Å²) in [5.41, 5.74) is 0. The Balaban J connectivity index is -0.0000000911. The van der Waals surface area contributed by atoms with E-state index in [0.717, 1.165) is 26.1 Å². The highest BCUT2D eigenvalue weighted by atomic mass is 35.6. The van der Waals surface area contributed by atoms with Crippen LogP contribution in [0.25, 0.3) is 0 Å². The van der Waals surface area contributed by atoms with Crippen LogP contribution in [0.15, 0.2) is 0 Å². The van der Waals surface area contributed by atoms with E-state index < -0.39 is 4.30 Å². The van der Waals surface area contributed by atoms with Gasteiger partial charge in [-0.1, -0.05) is 87.7 Å². The summed E-state index contributed by atoms with van der Waals surface area (Å²) >= 11 is 14.4. The second-order valence-electron chi connectivity index (χ2n) is 4.35. The van der Waals surface area contributed by atoms with E-state index in [1.54, 1.807) is 0 Å². The number of ether oxygens (including phenoxy) is 1. The van der Waals surface area contributed by atoms with Crippen LogP contribution in [-0.4, -0.2) is 34.7 Å². The quantitative estimate of drug-likeness (QED) is 0.526. The zero-order chi connectivity index (χ0) is 16.1. The zero-order valence-electron chi connectivity index (χ0n) is 13.8. The summed E-state index contributed by atoms with van der Waals surface area (Å²) in [6.45, 7) is 8.86. The summed E-state index contributed by atoms with van der Waals surface area (Å²) in [5, 5.41) is 8.07. The van der Waals surface area contributed by atoms with E-state index in [9.17, 15) is 0 Å². The van der Waals surface area contributed by atoms with Gasteiger partial charge in [-0.25, -0.2) is 0 Å². The van der Waals surface area contributed by atoms with Gasteiger partial charge in [0.2, 0.25) is 0 Å². The number of aliphatic hydroxyl groups excluding tert-OH is 1. The first-order valence-electron chi connectivity index (χ1n) is 7.67. The van der Waals surface area contributed by atoms with Crippen molar-refractivity contribution in [3.8, 4) is 0 Å². The van der Waals surface area contributed by atoms with E-state index in [1.165, 1.54) is 38.5 Å². The molecule has 1 fully saturated rings. The summed E-state index contributed by atoms with van der Waals surface area (Å²) in [5.74, 6) is 0. The van der Waals surface area contributed by atoms with Gasteiger partial charge in [0, 0.05) is 19.8 Å². The van der Waals surface area contributed by atoms with Crippen LogP contribution in [0.5, 0.6) is 0 Å². The average Bonchev–Trinajstić information content (AvgIpc) is 2.96.